The number of aliphatic hydroxyl groups is 5. The molecule has 1 heterocycles. The number of ether oxygens (including phenoxy) is 5. The molecule has 2 aliphatic rings. The number of amides is 2. The Bertz CT molecular complexity index is 904. The summed E-state index contributed by atoms with van der Waals surface area (Å²) in [7, 11) is 0. The van der Waals surface area contributed by atoms with Crippen molar-refractivity contribution in [3.8, 4) is 0 Å². The summed E-state index contributed by atoms with van der Waals surface area (Å²) < 4.78 is 28.6. The topological polar surface area (TPSA) is 244 Å². The van der Waals surface area contributed by atoms with Crippen LogP contribution in [0.15, 0.2) is 11.8 Å². The Morgan fingerprint density at radius 2 is 1.91 bits per heavy atom. The first-order valence-electron chi connectivity index (χ1n) is 15.1. The van der Waals surface area contributed by atoms with E-state index in [-0.39, 0.29) is 32.7 Å². The Morgan fingerprint density at radius 3 is 2.55 bits per heavy atom. The molecular weight excluding hydrogens is 584 g/mol. The summed E-state index contributed by atoms with van der Waals surface area (Å²) in [6.45, 7) is 6.49. The van der Waals surface area contributed by atoms with Gasteiger partial charge in [-0.25, -0.2) is 4.79 Å². The third-order valence-corrected chi connectivity index (χ3v) is 6.84. The van der Waals surface area contributed by atoms with Crippen LogP contribution in [-0.4, -0.2) is 138 Å². The second kappa shape index (κ2) is 18.8. The Hall–Kier alpha value is -2.12. The third-order valence-electron chi connectivity index (χ3n) is 6.84. The highest BCUT2D eigenvalue weighted by atomic mass is 16.7. The van der Waals surface area contributed by atoms with E-state index < -0.39 is 79.3 Å². The number of carbonyl (C=O) groups excluding carboxylic acids is 2. The monoisotopic (exact) mass is 636 g/mol. The number of hydrogen-bond donors (Lipinski definition) is 9. The van der Waals surface area contributed by atoms with Crippen molar-refractivity contribution < 1.29 is 58.8 Å². The Kier molecular flexibility index (Phi) is 16.2. The summed E-state index contributed by atoms with van der Waals surface area (Å²) in [5.74, 6) is -0.257. The van der Waals surface area contributed by atoms with Crippen molar-refractivity contribution in [3.63, 3.8) is 0 Å². The van der Waals surface area contributed by atoms with Gasteiger partial charge in [-0.3, -0.25) is 4.79 Å². The standard InChI is InChI=1S/C28H52N4O12/c1-5-19(35)26(40-12-11-34)43-24-18(32-25(38)20(36)15-31-27(39)44-28(2,3)4)13-17(29)23(22(24)37)42-21-8-6-7-16(41-21)14-30-9-10-33/h7,17-24,26,30,33-37H,5-6,8-15,29H2,1-4H3,(H,31,39)(H,32,38)/t17-,18+,19+,20+,21+,22-,23+,24-,26+/m0/s1. The lowest BCUT2D eigenvalue weighted by Gasteiger charge is -2.45. The van der Waals surface area contributed by atoms with E-state index in [9.17, 15) is 30.0 Å². The molecule has 0 bridgehead atoms. The van der Waals surface area contributed by atoms with Crippen molar-refractivity contribution in [2.75, 3.05) is 39.5 Å². The van der Waals surface area contributed by atoms with Crippen LogP contribution in [-0.2, 0) is 28.5 Å². The van der Waals surface area contributed by atoms with Crippen LogP contribution in [0.25, 0.3) is 0 Å². The maximum atomic E-state index is 12.9. The van der Waals surface area contributed by atoms with Gasteiger partial charge in [0, 0.05) is 19.0 Å². The second-order valence-electron chi connectivity index (χ2n) is 11.7. The van der Waals surface area contributed by atoms with E-state index in [4.69, 9.17) is 34.5 Å². The average Bonchev–Trinajstić information content (AvgIpc) is 2.96. The summed E-state index contributed by atoms with van der Waals surface area (Å²) in [5.41, 5.74) is 5.65. The lowest BCUT2D eigenvalue weighted by atomic mass is 9.83. The SMILES string of the molecule is CC[C@@H](O)[C@H](OCCO)O[C@@H]1[C@@H](O)[C@H](O[C@@H]2CCC=C(CNCCO)O2)[C@@H](N)C[C@H]1NC(=O)[C@H](O)CNC(=O)OC(C)(C)C. The van der Waals surface area contributed by atoms with Gasteiger partial charge in [-0.15, -0.1) is 0 Å². The number of nitrogens with one attached hydrogen (secondary N) is 3. The number of rotatable bonds is 17. The van der Waals surface area contributed by atoms with Gasteiger partial charge in [0.2, 0.25) is 0 Å². The summed E-state index contributed by atoms with van der Waals surface area (Å²) in [5, 5.41) is 58.7. The summed E-state index contributed by atoms with van der Waals surface area (Å²) in [6.07, 6.45) is -6.05. The highest BCUT2D eigenvalue weighted by Crippen LogP contribution is 2.30. The first-order chi connectivity index (χ1) is 20.8. The molecule has 1 aliphatic carbocycles. The zero-order valence-corrected chi connectivity index (χ0v) is 26.0. The van der Waals surface area contributed by atoms with Gasteiger partial charge >= 0.3 is 6.09 Å². The van der Waals surface area contributed by atoms with E-state index >= 15 is 0 Å². The molecule has 1 fully saturated rings. The van der Waals surface area contributed by atoms with Gasteiger partial charge in [-0.1, -0.05) is 6.92 Å². The number of carbonyl (C=O) groups is 2. The summed E-state index contributed by atoms with van der Waals surface area (Å²) in [4.78, 5) is 24.9. The molecule has 2 rings (SSSR count). The Balaban J connectivity index is 2.17. The molecule has 16 heteroatoms. The van der Waals surface area contributed by atoms with Gasteiger partial charge in [-0.05, 0) is 46.1 Å². The van der Waals surface area contributed by atoms with E-state index in [1.807, 2.05) is 6.08 Å². The van der Waals surface area contributed by atoms with E-state index in [2.05, 4.69) is 16.0 Å². The van der Waals surface area contributed by atoms with Crippen molar-refractivity contribution >= 4 is 12.0 Å². The first-order valence-corrected chi connectivity index (χ1v) is 15.1. The maximum absolute atomic E-state index is 12.9. The molecule has 0 aromatic rings. The maximum Gasteiger partial charge on any atom is 0.407 e. The van der Waals surface area contributed by atoms with Crippen LogP contribution in [0.4, 0.5) is 4.79 Å². The number of allylic oxidation sites excluding steroid dienone is 1. The molecule has 0 saturated heterocycles. The van der Waals surface area contributed by atoms with Crippen LogP contribution in [0.1, 0.15) is 53.4 Å². The van der Waals surface area contributed by atoms with Crippen LogP contribution < -0.4 is 21.7 Å². The number of hydrogen-bond acceptors (Lipinski definition) is 14. The molecule has 44 heavy (non-hydrogen) atoms. The van der Waals surface area contributed by atoms with Crippen molar-refractivity contribution in [1.29, 1.82) is 0 Å². The smallest absolute Gasteiger partial charge is 0.407 e. The molecule has 10 N–H and O–H groups in total. The van der Waals surface area contributed by atoms with Crippen LogP contribution in [0.5, 0.6) is 0 Å². The normalized spacial score (nSPS) is 27.8. The molecule has 0 unspecified atom stereocenters. The van der Waals surface area contributed by atoms with Gasteiger partial charge in [0.1, 0.15) is 41.9 Å². The van der Waals surface area contributed by atoms with Crippen molar-refractivity contribution in [3.05, 3.63) is 11.8 Å². The van der Waals surface area contributed by atoms with Gasteiger partial charge in [0.15, 0.2) is 12.6 Å². The zero-order valence-electron chi connectivity index (χ0n) is 26.0. The van der Waals surface area contributed by atoms with Gasteiger partial charge in [-0.2, -0.15) is 0 Å². The van der Waals surface area contributed by atoms with Crippen LogP contribution in [0.2, 0.25) is 0 Å². The molecule has 1 aliphatic heterocycles. The minimum Gasteiger partial charge on any atom is -0.468 e. The van der Waals surface area contributed by atoms with Gasteiger partial charge < -0.3 is 70.9 Å². The molecule has 256 valence electrons. The van der Waals surface area contributed by atoms with Crippen LogP contribution in [0.3, 0.4) is 0 Å². The predicted octanol–water partition coefficient (Wildman–Crippen LogP) is -2.07. The summed E-state index contributed by atoms with van der Waals surface area (Å²) >= 11 is 0. The molecule has 2 amide bonds. The number of aliphatic hydroxyl groups excluding tert-OH is 5. The average molecular weight is 637 g/mol. The molecule has 16 nitrogen and oxygen atoms in total. The lowest BCUT2D eigenvalue weighted by molar-refractivity contribution is -0.269. The molecule has 0 radical (unpaired) electrons. The highest BCUT2D eigenvalue weighted by molar-refractivity contribution is 5.81. The van der Waals surface area contributed by atoms with Gasteiger partial charge in [0.05, 0.1) is 39.0 Å². The lowest BCUT2D eigenvalue weighted by Crippen LogP contribution is -2.66. The quantitative estimate of drug-likeness (QED) is 0.0615. The van der Waals surface area contributed by atoms with Gasteiger partial charge in [0.25, 0.3) is 5.91 Å². The summed E-state index contributed by atoms with van der Waals surface area (Å²) in [6, 6.07) is -1.79. The molecule has 0 aromatic heterocycles. The molecular formula is C28H52N4O12. The molecule has 0 spiro atoms. The number of nitrogens with two attached hydrogens (primary N) is 1. The van der Waals surface area contributed by atoms with Crippen LogP contribution in [0, 0.1) is 0 Å². The van der Waals surface area contributed by atoms with E-state index in [0.29, 0.717) is 31.7 Å². The van der Waals surface area contributed by atoms with Crippen LogP contribution >= 0.6 is 0 Å². The van der Waals surface area contributed by atoms with Crippen molar-refractivity contribution in [1.82, 2.24) is 16.0 Å². The third kappa shape index (κ3) is 12.7. The molecule has 9 atom stereocenters. The molecule has 0 aromatic carbocycles. The fourth-order valence-corrected chi connectivity index (χ4v) is 4.69. The largest absolute Gasteiger partial charge is 0.468 e. The first kappa shape index (κ1) is 38.1. The Morgan fingerprint density at radius 1 is 1.18 bits per heavy atom. The zero-order chi connectivity index (χ0) is 32.9. The Labute approximate surface area is 258 Å². The minimum absolute atomic E-state index is 0.0254. The number of alkyl carbamates (subject to hydrolysis) is 1. The van der Waals surface area contributed by atoms with E-state index in [0.717, 1.165) is 0 Å². The second-order valence-corrected chi connectivity index (χ2v) is 11.7. The van der Waals surface area contributed by atoms with Crippen molar-refractivity contribution in [2.45, 2.75) is 114 Å². The van der Waals surface area contributed by atoms with E-state index in [1.54, 1.807) is 27.7 Å². The van der Waals surface area contributed by atoms with Crippen molar-refractivity contribution in [2.24, 2.45) is 5.73 Å². The molecule has 1 saturated carbocycles. The minimum atomic E-state index is -1.67. The highest BCUT2D eigenvalue weighted by Gasteiger charge is 2.48. The fourth-order valence-electron chi connectivity index (χ4n) is 4.69. The predicted molar refractivity (Wildman–Crippen MR) is 156 cm³/mol. The van der Waals surface area contributed by atoms with E-state index in [1.165, 1.54) is 0 Å². The fraction of sp³-hybridized carbons (Fsp3) is 0.857.